The van der Waals surface area contributed by atoms with Gasteiger partial charge in [0.2, 0.25) is 0 Å². The van der Waals surface area contributed by atoms with Crippen molar-refractivity contribution >= 4 is 18.0 Å². The number of carbonyl (C=O) groups excluding carboxylic acids is 2. The van der Waals surface area contributed by atoms with Crippen LogP contribution in [0.1, 0.15) is 37.3 Å². The molecule has 2 amide bonds. The van der Waals surface area contributed by atoms with Gasteiger partial charge in [0, 0.05) is 5.92 Å². The molecule has 1 unspecified atom stereocenters. The molecule has 8 heteroatoms. The number of carboxylic acid groups (broad SMARTS) is 1. The van der Waals surface area contributed by atoms with Crippen molar-refractivity contribution < 1.29 is 29.1 Å². The van der Waals surface area contributed by atoms with Crippen LogP contribution >= 0.6 is 0 Å². The maximum Gasteiger partial charge on any atom is 0.407 e. The number of aliphatic carboxylic acids is 1. The van der Waals surface area contributed by atoms with E-state index in [4.69, 9.17) is 14.7 Å². The molecule has 31 heavy (non-hydrogen) atoms. The number of carbonyl (C=O) groups is 3. The lowest BCUT2D eigenvalue weighted by Crippen LogP contribution is -2.48. The van der Waals surface area contributed by atoms with E-state index in [0.717, 1.165) is 22.3 Å². The number of hydrogen-bond acceptors (Lipinski definition) is 5. The van der Waals surface area contributed by atoms with Crippen molar-refractivity contribution in [3.63, 3.8) is 0 Å². The van der Waals surface area contributed by atoms with Gasteiger partial charge in [-0.25, -0.2) is 10.3 Å². The van der Waals surface area contributed by atoms with E-state index < -0.39 is 30.4 Å². The van der Waals surface area contributed by atoms with Gasteiger partial charge in [-0.3, -0.25) is 14.4 Å². The Labute approximate surface area is 180 Å². The van der Waals surface area contributed by atoms with Crippen molar-refractivity contribution in [2.24, 2.45) is 5.92 Å². The highest BCUT2D eigenvalue weighted by Gasteiger charge is 2.30. The van der Waals surface area contributed by atoms with Crippen molar-refractivity contribution in [3.8, 4) is 11.1 Å². The van der Waals surface area contributed by atoms with Crippen LogP contribution in [0.15, 0.2) is 48.5 Å². The largest absolute Gasteiger partial charge is 0.481 e. The number of carboxylic acids is 1. The number of benzene rings is 2. The monoisotopic (exact) mass is 426 g/mol. The first kappa shape index (κ1) is 22.3. The number of ether oxygens (including phenoxy) is 1. The van der Waals surface area contributed by atoms with Gasteiger partial charge < -0.3 is 15.2 Å². The highest BCUT2D eigenvalue weighted by atomic mass is 16.7. The first-order valence-electron chi connectivity index (χ1n) is 10.1. The minimum atomic E-state index is -1.32. The van der Waals surface area contributed by atoms with Gasteiger partial charge in [-0.1, -0.05) is 62.4 Å². The summed E-state index contributed by atoms with van der Waals surface area (Å²) in [6, 6.07) is 14.5. The molecule has 3 rings (SSSR count). The molecule has 1 atom stereocenters. The Morgan fingerprint density at radius 2 is 1.58 bits per heavy atom. The summed E-state index contributed by atoms with van der Waals surface area (Å²) in [4.78, 5) is 40.7. The molecule has 0 fully saturated rings. The zero-order chi connectivity index (χ0) is 22.4. The number of hydrogen-bond donors (Lipinski definition) is 3. The molecular weight excluding hydrogens is 400 g/mol. The average molecular weight is 426 g/mol. The van der Waals surface area contributed by atoms with Crippen molar-refractivity contribution in [3.05, 3.63) is 59.7 Å². The Morgan fingerprint density at radius 3 is 2.13 bits per heavy atom. The minimum absolute atomic E-state index is 0.0606. The number of nitrogens with one attached hydrogen (secondary N) is 2. The molecular formula is C23H26N2O6. The molecule has 1 aliphatic rings. The Bertz CT molecular complexity index is 913. The molecule has 0 aromatic heterocycles. The molecule has 0 spiro atoms. The summed E-state index contributed by atoms with van der Waals surface area (Å²) in [5.41, 5.74) is 6.47. The summed E-state index contributed by atoms with van der Waals surface area (Å²) in [5, 5.41) is 11.4. The van der Waals surface area contributed by atoms with Gasteiger partial charge in [-0.2, -0.15) is 0 Å². The van der Waals surface area contributed by atoms with E-state index in [1.807, 2.05) is 62.4 Å². The second-order valence-electron chi connectivity index (χ2n) is 7.79. The molecule has 0 aliphatic heterocycles. The second-order valence-corrected chi connectivity index (χ2v) is 7.79. The molecule has 1 aliphatic carbocycles. The van der Waals surface area contributed by atoms with E-state index in [2.05, 4.69) is 10.8 Å². The van der Waals surface area contributed by atoms with Gasteiger partial charge in [0.05, 0.1) is 13.0 Å². The van der Waals surface area contributed by atoms with Gasteiger partial charge in [0.1, 0.15) is 12.6 Å². The summed E-state index contributed by atoms with van der Waals surface area (Å²) >= 11 is 0. The second kappa shape index (κ2) is 10.1. The van der Waals surface area contributed by atoms with E-state index in [9.17, 15) is 14.4 Å². The van der Waals surface area contributed by atoms with Gasteiger partial charge in [-0.05, 0) is 28.2 Å². The lowest BCUT2D eigenvalue weighted by molar-refractivity contribution is -0.143. The minimum Gasteiger partial charge on any atom is -0.481 e. The summed E-state index contributed by atoms with van der Waals surface area (Å²) in [5.74, 6) is -1.95. The average Bonchev–Trinajstić information content (AvgIpc) is 3.05. The maximum absolute atomic E-state index is 12.4. The van der Waals surface area contributed by atoms with Gasteiger partial charge in [0.25, 0.3) is 5.91 Å². The summed E-state index contributed by atoms with van der Waals surface area (Å²) in [6.45, 7) is 4.12. The molecule has 0 saturated heterocycles. The zero-order valence-corrected chi connectivity index (χ0v) is 17.5. The molecule has 0 radical (unpaired) electrons. The SMILES string of the molecule is CC(C)CONC(=O)C(CC(=O)O)NC(=O)OCC1c2ccccc2-c2ccccc21. The normalized spacial score (nSPS) is 13.3. The fourth-order valence-electron chi connectivity index (χ4n) is 3.52. The van der Waals surface area contributed by atoms with Gasteiger partial charge in [-0.15, -0.1) is 0 Å². The fraction of sp³-hybridized carbons (Fsp3) is 0.348. The van der Waals surface area contributed by atoms with Crippen LogP contribution in [0.4, 0.5) is 4.79 Å². The third kappa shape index (κ3) is 5.61. The van der Waals surface area contributed by atoms with Crippen LogP contribution < -0.4 is 10.8 Å². The standard InChI is InChI=1S/C23H26N2O6/c1-14(2)12-31-25-22(28)20(11-21(26)27)24-23(29)30-13-19-17-9-5-3-7-15(17)16-8-4-6-10-18(16)19/h3-10,14,19-20H,11-13H2,1-2H3,(H,24,29)(H,25,28)(H,26,27). The number of rotatable bonds is 9. The van der Waals surface area contributed by atoms with Crippen LogP contribution in [0.25, 0.3) is 11.1 Å². The van der Waals surface area contributed by atoms with Gasteiger partial charge in [0.15, 0.2) is 0 Å². The summed E-state index contributed by atoms with van der Waals surface area (Å²) in [7, 11) is 0. The third-order valence-corrected chi connectivity index (χ3v) is 4.92. The Hall–Kier alpha value is -3.39. The number of amides is 2. The predicted molar refractivity (Wildman–Crippen MR) is 113 cm³/mol. The summed E-state index contributed by atoms with van der Waals surface area (Å²) in [6.07, 6.45) is -1.46. The Balaban J connectivity index is 1.62. The van der Waals surface area contributed by atoms with Gasteiger partial charge >= 0.3 is 12.1 Å². The lowest BCUT2D eigenvalue weighted by Gasteiger charge is -2.18. The predicted octanol–water partition coefficient (Wildman–Crippen LogP) is 3.07. The molecule has 8 nitrogen and oxygen atoms in total. The van der Waals surface area contributed by atoms with Crippen LogP contribution in [-0.2, 0) is 19.2 Å². The van der Waals surface area contributed by atoms with Crippen molar-refractivity contribution in [2.45, 2.75) is 32.2 Å². The van der Waals surface area contributed by atoms with Crippen molar-refractivity contribution in [2.75, 3.05) is 13.2 Å². The summed E-state index contributed by atoms with van der Waals surface area (Å²) < 4.78 is 5.38. The number of alkyl carbamates (subject to hydrolysis) is 1. The van der Waals surface area contributed by atoms with E-state index in [0.29, 0.717) is 0 Å². The van der Waals surface area contributed by atoms with E-state index in [1.54, 1.807) is 0 Å². The smallest absolute Gasteiger partial charge is 0.407 e. The first-order chi connectivity index (χ1) is 14.9. The quantitative estimate of drug-likeness (QED) is 0.531. The Kier molecular flexibility index (Phi) is 7.25. The highest BCUT2D eigenvalue weighted by molar-refractivity contribution is 5.88. The van der Waals surface area contributed by atoms with E-state index in [-0.39, 0.29) is 25.0 Å². The molecule has 0 saturated carbocycles. The molecule has 2 aromatic carbocycles. The van der Waals surface area contributed by atoms with E-state index >= 15 is 0 Å². The third-order valence-electron chi connectivity index (χ3n) is 4.92. The Morgan fingerprint density at radius 1 is 1.00 bits per heavy atom. The number of hydroxylamine groups is 1. The van der Waals surface area contributed by atoms with Crippen LogP contribution in [-0.4, -0.2) is 42.3 Å². The first-order valence-corrected chi connectivity index (χ1v) is 10.1. The molecule has 3 N–H and O–H groups in total. The maximum atomic E-state index is 12.4. The zero-order valence-electron chi connectivity index (χ0n) is 17.5. The molecule has 0 bridgehead atoms. The van der Waals surface area contributed by atoms with E-state index in [1.165, 1.54) is 0 Å². The lowest BCUT2D eigenvalue weighted by atomic mass is 9.98. The number of fused-ring (bicyclic) bond motifs is 3. The molecule has 2 aromatic rings. The van der Waals surface area contributed by atoms with Crippen LogP contribution in [0.2, 0.25) is 0 Å². The van der Waals surface area contributed by atoms with Crippen molar-refractivity contribution in [1.82, 2.24) is 10.8 Å². The van der Waals surface area contributed by atoms with Crippen LogP contribution in [0.5, 0.6) is 0 Å². The highest BCUT2D eigenvalue weighted by Crippen LogP contribution is 2.44. The van der Waals surface area contributed by atoms with Crippen LogP contribution in [0, 0.1) is 5.92 Å². The molecule has 0 heterocycles. The fourth-order valence-corrected chi connectivity index (χ4v) is 3.52. The van der Waals surface area contributed by atoms with Crippen LogP contribution in [0.3, 0.4) is 0 Å². The molecule has 164 valence electrons. The topological polar surface area (TPSA) is 114 Å². The van der Waals surface area contributed by atoms with Crippen molar-refractivity contribution in [1.29, 1.82) is 0 Å².